The highest BCUT2D eigenvalue weighted by molar-refractivity contribution is 7.14. The van der Waals surface area contributed by atoms with Crippen LogP contribution in [0.4, 0.5) is 5.13 Å². The number of carbonyl (C=O) groups is 1. The molecule has 0 aliphatic heterocycles. The predicted molar refractivity (Wildman–Crippen MR) is 74.2 cm³/mol. The van der Waals surface area contributed by atoms with Crippen LogP contribution < -0.4 is 5.32 Å². The molecule has 0 saturated heterocycles. The first-order chi connectivity index (χ1) is 8.79. The normalized spacial score (nSPS) is 9.72. The third-order valence-corrected chi connectivity index (χ3v) is 3.07. The highest BCUT2D eigenvalue weighted by Gasteiger charge is 2.07. The standard InChI is InChI=1S/C14H12N2OS/c1-2-3-9-13(17)16-14-15-12(10-18-14)11-7-5-4-6-8-11/h1,4-8,10H,3,9H2,(H,15,16,17). The van der Waals surface area contributed by atoms with Gasteiger partial charge in [0.1, 0.15) is 0 Å². The lowest BCUT2D eigenvalue weighted by Gasteiger charge is -1.98. The Morgan fingerprint density at radius 2 is 2.17 bits per heavy atom. The van der Waals surface area contributed by atoms with Crippen molar-refractivity contribution in [3.8, 4) is 23.6 Å². The third-order valence-electron chi connectivity index (χ3n) is 2.32. The maximum atomic E-state index is 11.5. The molecule has 1 aromatic heterocycles. The summed E-state index contributed by atoms with van der Waals surface area (Å²) in [6.07, 6.45) is 5.88. The van der Waals surface area contributed by atoms with E-state index in [1.54, 1.807) is 0 Å². The van der Waals surface area contributed by atoms with Crippen molar-refractivity contribution in [1.29, 1.82) is 0 Å². The van der Waals surface area contributed by atoms with Gasteiger partial charge in [-0.3, -0.25) is 4.79 Å². The number of terminal acetylenes is 1. The summed E-state index contributed by atoms with van der Waals surface area (Å²) in [7, 11) is 0. The van der Waals surface area contributed by atoms with Crippen LogP contribution in [-0.2, 0) is 4.79 Å². The zero-order chi connectivity index (χ0) is 12.8. The molecule has 1 amide bonds. The van der Waals surface area contributed by atoms with E-state index in [9.17, 15) is 4.79 Å². The molecule has 2 rings (SSSR count). The summed E-state index contributed by atoms with van der Waals surface area (Å²) >= 11 is 1.41. The lowest BCUT2D eigenvalue weighted by atomic mass is 10.2. The largest absolute Gasteiger partial charge is 0.302 e. The van der Waals surface area contributed by atoms with Crippen molar-refractivity contribution < 1.29 is 4.79 Å². The molecule has 0 fully saturated rings. The fourth-order valence-corrected chi connectivity index (χ4v) is 2.18. The molecule has 1 N–H and O–H groups in total. The first kappa shape index (κ1) is 12.3. The number of rotatable bonds is 4. The van der Waals surface area contributed by atoms with E-state index in [0.29, 0.717) is 18.0 Å². The minimum Gasteiger partial charge on any atom is -0.302 e. The molecule has 0 aliphatic carbocycles. The van der Waals surface area contributed by atoms with Crippen molar-refractivity contribution in [2.45, 2.75) is 12.8 Å². The van der Waals surface area contributed by atoms with Gasteiger partial charge in [0.25, 0.3) is 0 Å². The summed E-state index contributed by atoms with van der Waals surface area (Å²) in [6, 6.07) is 9.84. The number of carbonyl (C=O) groups excluding carboxylic acids is 1. The lowest BCUT2D eigenvalue weighted by molar-refractivity contribution is -0.116. The first-order valence-electron chi connectivity index (χ1n) is 5.54. The van der Waals surface area contributed by atoms with Gasteiger partial charge in [0.05, 0.1) is 5.69 Å². The van der Waals surface area contributed by atoms with Crippen LogP contribution in [0.25, 0.3) is 11.3 Å². The summed E-state index contributed by atoms with van der Waals surface area (Å²) in [5, 5.41) is 5.27. The molecule has 0 unspecified atom stereocenters. The molecule has 18 heavy (non-hydrogen) atoms. The summed E-state index contributed by atoms with van der Waals surface area (Å²) in [5.74, 6) is 2.34. The molecule has 3 nitrogen and oxygen atoms in total. The zero-order valence-electron chi connectivity index (χ0n) is 9.72. The fraction of sp³-hybridized carbons (Fsp3) is 0.143. The number of thiazole rings is 1. The van der Waals surface area contributed by atoms with Crippen LogP contribution in [0.1, 0.15) is 12.8 Å². The number of amides is 1. The minimum atomic E-state index is -0.0955. The Morgan fingerprint density at radius 3 is 2.89 bits per heavy atom. The van der Waals surface area contributed by atoms with E-state index in [2.05, 4.69) is 16.2 Å². The molecule has 0 bridgehead atoms. The van der Waals surface area contributed by atoms with Crippen molar-refractivity contribution in [3.05, 3.63) is 35.7 Å². The van der Waals surface area contributed by atoms with Crippen molar-refractivity contribution in [3.63, 3.8) is 0 Å². The highest BCUT2D eigenvalue weighted by Crippen LogP contribution is 2.24. The number of aromatic nitrogens is 1. The van der Waals surface area contributed by atoms with Crippen molar-refractivity contribution in [2.24, 2.45) is 0 Å². The van der Waals surface area contributed by atoms with Gasteiger partial charge in [-0.15, -0.1) is 23.7 Å². The maximum absolute atomic E-state index is 11.5. The third kappa shape index (κ3) is 3.19. The van der Waals surface area contributed by atoms with E-state index < -0.39 is 0 Å². The van der Waals surface area contributed by atoms with E-state index in [1.807, 2.05) is 35.7 Å². The Labute approximate surface area is 110 Å². The number of anilines is 1. The van der Waals surface area contributed by atoms with Crippen LogP contribution in [0.5, 0.6) is 0 Å². The van der Waals surface area contributed by atoms with E-state index in [4.69, 9.17) is 6.42 Å². The van der Waals surface area contributed by atoms with Gasteiger partial charge in [0.2, 0.25) is 5.91 Å². The molecule has 1 aromatic carbocycles. The lowest BCUT2D eigenvalue weighted by Crippen LogP contribution is -2.10. The van der Waals surface area contributed by atoms with Crippen molar-refractivity contribution in [2.75, 3.05) is 5.32 Å². The average Bonchev–Trinajstić information content (AvgIpc) is 2.86. The second kappa shape index (κ2) is 5.99. The topological polar surface area (TPSA) is 42.0 Å². The molecule has 0 saturated carbocycles. The molecule has 0 aliphatic rings. The van der Waals surface area contributed by atoms with Gasteiger partial charge in [0.15, 0.2) is 5.13 Å². The Balaban J connectivity index is 2.03. The SMILES string of the molecule is C#CCCC(=O)Nc1nc(-c2ccccc2)cs1. The van der Waals surface area contributed by atoms with Crippen LogP contribution >= 0.6 is 11.3 Å². The molecule has 2 aromatic rings. The Bertz CT molecular complexity index is 569. The van der Waals surface area contributed by atoms with Gasteiger partial charge >= 0.3 is 0 Å². The summed E-state index contributed by atoms with van der Waals surface area (Å²) in [5.41, 5.74) is 1.91. The van der Waals surface area contributed by atoms with E-state index in [0.717, 1.165) is 11.3 Å². The number of nitrogens with one attached hydrogen (secondary N) is 1. The Kier molecular flexibility index (Phi) is 4.11. The van der Waals surface area contributed by atoms with Gasteiger partial charge in [0, 0.05) is 23.8 Å². The number of hydrogen-bond donors (Lipinski definition) is 1. The average molecular weight is 256 g/mol. The second-order valence-corrected chi connectivity index (χ2v) is 4.51. The summed E-state index contributed by atoms with van der Waals surface area (Å²) < 4.78 is 0. The molecular weight excluding hydrogens is 244 g/mol. The minimum absolute atomic E-state index is 0.0955. The Hall–Kier alpha value is -2.12. The molecule has 0 spiro atoms. The first-order valence-corrected chi connectivity index (χ1v) is 6.42. The number of benzene rings is 1. The van der Waals surface area contributed by atoms with Crippen LogP contribution in [0.3, 0.4) is 0 Å². The van der Waals surface area contributed by atoms with Crippen LogP contribution in [0, 0.1) is 12.3 Å². The zero-order valence-corrected chi connectivity index (χ0v) is 10.5. The predicted octanol–water partition coefficient (Wildman–Crippen LogP) is 3.16. The van der Waals surface area contributed by atoms with Crippen molar-refractivity contribution >= 4 is 22.4 Å². The fourth-order valence-electron chi connectivity index (χ4n) is 1.44. The monoisotopic (exact) mass is 256 g/mol. The van der Waals surface area contributed by atoms with Gasteiger partial charge < -0.3 is 5.32 Å². The Morgan fingerprint density at radius 1 is 1.39 bits per heavy atom. The van der Waals surface area contributed by atoms with Gasteiger partial charge in [-0.25, -0.2) is 4.98 Å². The number of hydrogen-bond acceptors (Lipinski definition) is 3. The van der Waals surface area contributed by atoms with E-state index >= 15 is 0 Å². The number of nitrogens with zero attached hydrogens (tertiary/aromatic N) is 1. The molecule has 90 valence electrons. The summed E-state index contributed by atoms with van der Waals surface area (Å²) in [6.45, 7) is 0. The van der Waals surface area contributed by atoms with Crippen LogP contribution in [0.15, 0.2) is 35.7 Å². The van der Waals surface area contributed by atoms with E-state index in [-0.39, 0.29) is 5.91 Å². The quantitative estimate of drug-likeness (QED) is 0.854. The van der Waals surface area contributed by atoms with Crippen LogP contribution in [-0.4, -0.2) is 10.9 Å². The van der Waals surface area contributed by atoms with Gasteiger partial charge in [-0.2, -0.15) is 0 Å². The van der Waals surface area contributed by atoms with Crippen molar-refractivity contribution in [1.82, 2.24) is 4.98 Å². The molecular formula is C14H12N2OS. The summed E-state index contributed by atoms with van der Waals surface area (Å²) in [4.78, 5) is 15.8. The smallest absolute Gasteiger partial charge is 0.227 e. The molecule has 0 radical (unpaired) electrons. The van der Waals surface area contributed by atoms with E-state index in [1.165, 1.54) is 11.3 Å². The second-order valence-electron chi connectivity index (χ2n) is 3.66. The van der Waals surface area contributed by atoms with Gasteiger partial charge in [-0.05, 0) is 0 Å². The van der Waals surface area contributed by atoms with Gasteiger partial charge in [-0.1, -0.05) is 30.3 Å². The molecule has 0 atom stereocenters. The van der Waals surface area contributed by atoms with Crippen LogP contribution in [0.2, 0.25) is 0 Å². The highest BCUT2D eigenvalue weighted by atomic mass is 32.1. The molecule has 4 heteroatoms. The maximum Gasteiger partial charge on any atom is 0.227 e. The molecule has 1 heterocycles.